The number of fused-ring (bicyclic) bond motifs is 1. The van der Waals surface area contributed by atoms with Gasteiger partial charge in [0.1, 0.15) is 0 Å². The Kier molecular flexibility index (Phi) is 6.15. The van der Waals surface area contributed by atoms with E-state index in [1.165, 1.54) is 51.1 Å². The minimum absolute atomic E-state index is 0.0844. The van der Waals surface area contributed by atoms with Crippen molar-refractivity contribution in [2.45, 2.75) is 50.0 Å². The van der Waals surface area contributed by atoms with Crippen molar-refractivity contribution >= 4 is 12.0 Å². The molecule has 2 bridgehead atoms. The molecular weight excluding hydrogens is 356 g/mol. The van der Waals surface area contributed by atoms with Gasteiger partial charge in [0, 0.05) is 24.6 Å². The molecule has 29 heavy (non-hydrogen) atoms. The predicted octanol–water partition coefficient (Wildman–Crippen LogP) is 4.48. The zero-order valence-electron chi connectivity index (χ0n) is 17.4. The lowest BCUT2D eigenvalue weighted by molar-refractivity contribution is -0.115. The molecule has 3 aliphatic rings. The van der Waals surface area contributed by atoms with Crippen LogP contribution in [0.5, 0.6) is 0 Å². The molecule has 1 saturated carbocycles. The number of rotatable bonds is 2. The Morgan fingerprint density at radius 1 is 1.07 bits per heavy atom. The lowest BCUT2D eigenvalue weighted by Crippen LogP contribution is -2.59. The van der Waals surface area contributed by atoms with Gasteiger partial charge in [-0.1, -0.05) is 67.4 Å². The van der Waals surface area contributed by atoms with Gasteiger partial charge >= 0.3 is 0 Å². The van der Waals surface area contributed by atoms with Crippen molar-refractivity contribution < 1.29 is 4.79 Å². The molecule has 2 fully saturated rings. The van der Waals surface area contributed by atoms with E-state index in [0.717, 1.165) is 17.5 Å². The summed E-state index contributed by atoms with van der Waals surface area (Å²) >= 11 is 0. The van der Waals surface area contributed by atoms with Crippen LogP contribution < -0.4 is 10.6 Å². The summed E-state index contributed by atoms with van der Waals surface area (Å²) < 4.78 is 0. The van der Waals surface area contributed by atoms with Gasteiger partial charge in [-0.15, -0.1) is 0 Å². The SMILES string of the molecule is CNC(=O)C=Cc1ccccc1.c1ccc2c(c1)C[C@H]1NCC[C@@]23CCCC[C@@H]13. The van der Waals surface area contributed by atoms with Crippen molar-refractivity contribution in [1.29, 1.82) is 0 Å². The van der Waals surface area contributed by atoms with Crippen molar-refractivity contribution in [2.75, 3.05) is 13.6 Å². The van der Waals surface area contributed by atoms with E-state index in [4.69, 9.17) is 0 Å². The summed E-state index contributed by atoms with van der Waals surface area (Å²) in [5, 5.41) is 6.29. The van der Waals surface area contributed by atoms with Gasteiger partial charge in [-0.2, -0.15) is 0 Å². The number of nitrogens with one attached hydrogen (secondary N) is 2. The first-order valence-electron chi connectivity index (χ1n) is 11.0. The van der Waals surface area contributed by atoms with E-state index in [9.17, 15) is 4.79 Å². The molecule has 2 aliphatic carbocycles. The largest absolute Gasteiger partial charge is 0.356 e. The number of amides is 1. The molecule has 0 unspecified atom stereocenters. The third kappa shape index (κ3) is 4.16. The highest BCUT2D eigenvalue weighted by molar-refractivity contribution is 5.91. The summed E-state index contributed by atoms with van der Waals surface area (Å²) in [6.45, 7) is 1.23. The minimum Gasteiger partial charge on any atom is -0.356 e. The minimum atomic E-state index is -0.0844. The lowest BCUT2D eigenvalue weighted by atomic mass is 9.53. The molecule has 0 spiro atoms. The fourth-order valence-corrected chi connectivity index (χ4v) is 5.71. The van der Waals surface area contributed by atoms with Gasteiger partial charge in [-0.3, -0.25) is 4.79 Å². The topological polar surface area (TPSA) is 41.1 Å². The molecule has 152 valence electrons. The average Bonchev–Trinajstić information content (AvgIpc) is 2.78. The maximum Gasteiger partial charge on any atom is 0.243 e. The number of hydrogen-bond donors (Lipinski definition) is 2. The second kappa shape index (κ2) is 8.96. The first kappa shape index (κ1) is 19.9. The number of carbonyl (C=O) groups is 1. The number of likely N-dealkylation sites (N-methyl/N-ethyl adjacent to an activating group) is 1. The summed E-state index contributed by atoms with van der Waals surface area (Å²) in [6, 6.07) is 19.7. The Balaban J connectivity index is 0.000000152. The van der Waals surface area contributed by atoms with Crippen molar-refractivity contribution in [3.8, 4) is 0 Å². The first-order chi connectivity index (χ1) is 14.2. The molecule has 1 heterocycles. The summed E-state index contributed by atoms with van der Waals surface area (Å²) in [5.74, 6) is 0.832. The summed E-state index contributed by atoms with van der Waals surface area (Å²) in [6.07, 6.45) is 11.7. The van der Waals surface area contributed by atoms with Crippen molar-refractivity contribution in [1.82, 2.24) is 10.6 Å². The molecule has 1 saturated heterocycles. The smallest absolute Gasteiger partial charge is 0.243 e. The van der Waals surface area contributed by atoms with Crippen LogP contribution in [0.3, 0.4) is 0 Å². The highest BCUT2D eigenvalue weighted by atomic mass is 16.1. The highest BCUT2D eigenvalue weighted by Gasteiger charge is 2.51. The van der Waals surface area contributed by atoms with Crippen LogP contribution in [-0.4, -0.2) is 25.5 Å². The molecule has 2 N–H and O–H groups in total. The number of benzene rings is 2. The zero-order chi connectivity index (χ0) is 20.1. The van der Waals surface area contributed by atoms with E-state index in [1.54, 1.807) is 24.3 Å². The van der Waals surface area contributed by atoms with Crippen LogP contribution in [0.2, 0.25) is 0 Å². The Labute approximate surface area is 174 Å². The van der Waals surface area contributed by atoms with E-state index >= 15 is 0 Å². The summed E-state index contributed by atoms with van der Waals surface area (Å²) in [7, 11) is 1.61. The standard InChI is InChI=1S/C16H21N.C10H11NO/c1-2-6-13-12(5-1)11-15-14-7-3-4-8-16(13,14)9-10-17-15;1-11-10(12)8-7-9-5-3-2-4-6-9/h1-2,5-6,14-15,17H,3-4,7-11H2;2-8H,1H3,(H,11,12)/t14-,15+,16-;/m0./s1. The second-order valence-corrected chi connectivity index (χ2v) is 8.54. The third-order valence-corrected chi connectivity index (χ3v) is 7.03. The molecule has 2 aromatic carbocycles. The van der Waals surface area contributed by atoms with E-state index in [-0.39, 0.29) is 5.91 Å². The monoisotopic (exact) mass is 388 g/mol. The van der Waals surface area contributed by atoms with Crippen LogP contribution in [0.25, 0.3) is 6.08 Å². The Hall–Kier alpha value is -2.39. The second-order valence-electron chi connectivity index (χ2n) is 8.54. The fourth-order valence-electron chi connectivity index (χ4n) is 5.71. The van der Waals surface area contributed by atoms with Crippen LogP contribution in [0, 0.1) is 5.92 Å². The van der Waals surface area contributed by atoms with Crippen LogP contribution in [0.4, 0.5) is 0 Å². The number of piperidine rings is 1. The van der Waals surface area contributed by atoms with Crippen molar-refractivity contribution in [3.63, 3.8) is 0 Å². The van der Waals surface area contributed by atoms with Crippen LogP contribution >= 0.6 is 0 Å². The number of hydrogen-bond acceptors (Lipinski definition) is 2. The average molecular weight is 389 g/mol. The van der Waals surface area contributed by atoms with E-state index < -0.39 is 0 Å². The maximum atomic E-state index is 10.8. The van der Waals surface area contributed by atoms with Gasteiger partial charge in [0.25, 0.3) is 0 Å². The van der Waals surface area contributed by atoms with Gasteiger partial charge in [-0.05, 0) is 60.9 Å². The zero-order valence-corrected chi connectivity index (χ0v) is 17.4. The lowest BCUT2D eigenvalue weighted by Gasteiger charge is -2.56. The van der Waals surface area contributed by atoms with Gasteiger partial charge in [-0.25, -0.2) is 0 Å². The Bertz CT molecular complexity index is 856. The molecule has 1 amide bonds. The molecule has 1 aliphatic heterocycles. The Morgan fingerprint density at radius 3 is 2.69 bits per heavy atom. The van der Waals surface area contributed by atoms with Crippen LogP contribution in [0.15, 0.2) is 60.7 Å². The van der Waals surface area contributed by atoms with Crippen LogP contribution in [0.1, 0.15) is 48.8 Å². The quantitative estimate of drug-likeness (QED) is 0.745. The summed E-state index contributed by atoms with van der Waals surface area (Å²) in [4.78, 5) is 10.8. The fraction of sp³-hybridized carbons (Fsp3) is 0.423. The third-order valence-electron chi connectivity index (χ3n) is 7.03. The van der Waals surface area contributed by atoms with Crippen LogP contribution in [-0.2, 0) is 16.6 Å². The normalized spacial score (nSPS) is 27.2. The van der Waals surface area contributed by atoms with Crippen molar-refractivity contribution in [3.05, 3.63) is 77.4 Å². The highest BCUT2D eigenvalue weighted by Crippen LogP contribution is 2.53. The number of carbonyl (C=O) groups excluding carboxylic acids is 1. The van der Waals surface area contributed by atoms with E-state index in [2.05, 4.69) is 34.9 Å². The van der Waals surface area contributed by atoms with Gasteiger partial charge < -0.3 is 10.6 Å². The van der Waals surface area contributed by atoms with Gasteiger partial charge in [0.05, 0.1) is 0 Å². The van der Waals surface area contributed by atoms with E-state index in [1.807, 2.05) is 30.3 Å². The molecule has 3 heteroatoms. The Morgan fingerprint density at radius 2 is 1.86 bits per heavy atom. The molecular formula is C26H32N2O. The first-order valence-corrected chi connectivity index (χ1v) is 11.0. The molecule has 3 atom stereocenters. The molecule has 3 nitrogen and oxygen atoms in total. The van der Waals surface area contributed by atoms with Crippen molar-refractivity contribution in [2.24, 2.45) is 5.92 Å². The summed E-state index contributed by atoms with van der Waals surface area (Å²) in [5.41, 5.74) is 4.91. The molecule has 0 radical (unpaired) electrons. The van der Waals surface area contributed by atoms with E-state index in [0.29, 0.717) is 5.41 Å². The molecule has 5 rings (SSSR count). The molecule has 0 aromatic heterocycles. The molecule has 2 aromatic rings. The predicted molar refractivity (Wildman–Crippen MR) is 120 cm³/mol. The van der Waals surface area contributed by atoms with Gasteiger partial charge in [0.15, 0.2) is 0 Å². The van der Waals surface area contributed by atoms with Gasteiger partial charge in [0.2, 0.25) is 5.91 Å². The maximum absolute atomic E-state index is 10.8.